The lowest BCUT2D eigenvalue weighted by Crippen LogP contribution is -3.00. The highest BCUT2D eigenvalue weighted by atomic mass is 127. The van der Waals surface area contributed by atoms with Gasteiger partial charge in [-0.1, -0.05) is 30.3 Å². The second-order valence-corrected chi connectivity index (χ2v) is 5.95. The van der Waals surface area contributed by atoms with Crippen LogP contribution >= 0.6 is 0 Å². The van der Waals surface area contributed by atoms with Crippen molar-refractivity contribution < 1.29 is 28.6 Å². The van der Waals surface area contributed by atoms with E-state index in [2.05, 4.69) is 68.8 Å². The molecule has 0 aromatic heterocycles. The minimum Gasteiger partial charge on any atom is -1.00 e. The fraction of sp³-hybridized carbons (Fsp3) is 0.353. The monoisotopic (exact) mass is 365 g/mol. The smallest absolute Gasteiger partial charge is 0.180 e. The molecule has 0 atom stereocenters. The number of nitrogens with zero attached hydrogens (tertiary/aromatic N) is 1. The maximum absolute atomic E-state index is 2.41. The molecule has 0 spiro atoms. The van der Waals surface area contributed by atoms with E-state index < -0.39 is 0 Å². The number of hydrogen-bond donors (Lipinski definition) is 0. The van der Waals surface area contributed by atoms with E-state index in [1.54, 1.807) is 0 Å². The molecular formula is C17H20IN. The normalized spacial score (nSPS) is 17.1. The molecule has 0 amide bonds. The van der Waals surface area contributed by atoms with Crippen molar-refractivity contribution in [3.63, 3.8) is 0 Å². The zero-order chi connectivity index (χ0) is 12.9. The molecule has 0 saturated carbocycles. The van der Waals surface area contributed by atoms with Crippen molar-refractivity contribution in [1.82, 2.24) is 0 Å². The minimum atomic E-state index is 0. The first kappa shape index (κ1) is 14.5. The molecule has 19 heavy (non-hydrogen) atoms. The van der Waals surface area contributed by atoms with Crippen molar-refractivity contribution in [2.45, 2.75) is 32.7 Å². The second kappa shape index (κ2) is 4.89. The molecule has 1 aliphatic heterocycles. The molecule has 0 aliphatic carbocycles. The summed E-state index contributed by atoms with van der Waals surface area (Å²) in [5.74, 6) is 0. The lowest BCUT2D eigenvalue weighted by molar-refractivity contribution is -0.576. The van der Waals surface area contributed by atoms with E-state index in [4.69, 9.17) is 0 Å². The quantitative estimate of drug-likeness (QED) is 0.476. The number of likely N-dealkylation sites (N-methyl/N-ethyl adjacent to an activating group) is 1. The molecule has 3 rings (SSSR count). The largest absolute Gasteiger partial charge is 1.00 e. The Kier molecular flexibility index (Phi) is 3.74. The third kappa shape index (κ3) is 2.20. The van der Waals surface area contributed by atoms with Gasteiger partial charge in [0.1, 0.15) is 7.05 Å². The zero-order valence-corrected chi connectivity index (χ0v) is 14.2. The van der Waals surface area contributed by atoms with Gasteiger partial charge in [-0.2, -0.15) is 0 Å². The average molecular weight is 365 g/mol. The summed E-state index contributed by atoms with van der Waals surface area (Å²) in [6.07, 6.45) is 1.11. The second-order valence-electron chi connectivity index (χ2n) is 5.95. The number of hydrogen-bond acceptors (Lipinski definition) is 0. The fourth-order valence-corrected chi connectivity index (χ4v) is 3.05. The average Bonchev–Trinajstić information content (AvgIpc) is 2.36. The summed E-state index contributed by atoms with van der Waals surface area (Å²) in [7, 11) is 2.20. The van der Waals surface area contributed by atoms with Crippen molar-refractivity contribution in [2.24, 2.45) is 0 Å². The highest BCUT2D eigenvalue weighted by Gasteiger charge is 2.36. The van der Waals surface area contributed by atoms with Gasteiger partial charge < -0.3 is 24.0 Å². The Morgan fingerprint density at radius 2 is 1.74 bits per heavy atom. The molecule has 2 aromatic rings. The Morgan fingerprint density at radius 1 is 1.05 bits per heavy atom. The van der Waals surface area contributed by atoms with Crippen LogP contribution in [0.5, 0.6) is 0 Å². The molecule has 0 saturated heterocycles. The molecule has 2 aromatic carbocycles. The summed E-state index contributed by atoms with van der Waals surface area (Å²) >= 11 is 0. The number of halogens is 1. The predicted molar refractivity (Wildman–Crippen MR) is 77.7 cm³/mol. The van der Waals surface area contributed by atoms with Gasteiger partial charge in [-0.05, 0) is 22.4 Å². The topological polar surface area (TPSA) is 3.01 Å². The van der Waals surface area contributed by atoms with Gasteiger partial charge in [-0.3, -0.25) is 0 Å². The standard InChI is InChI=1S/C17H20N.HI/c1-12-14-10-9-13-7-5-6-8-15(13)16(14)11-17(2,3)18(12)4;/h5-10H,11H2,1-4H3;1H/q+1;/p-1. The summed E-state index contributed by atoms with van der Waals surface area (Å²) in [6, 6.07) is 13.2. The molecule has 0 radical (unpaired) electrons. The van der Waals surface area contributed by atoms with Crippen molar-refractivity contribution in [2.75, 3.05) is 7.05 Å². The SMILES string of the molecule is CC1=[N+](C)C(C)(C)Cc2c1ccc1ccccc21.[I-]. The van der Waals surface area contributed by atoms with Gasteiger partial charge in [0, 0.05) is 32.8 Å². The van der Waals surface area contributed by atoms with Crippen LogP contribution in [0.2, 0.25) is 0 Å². The van der Waals surface area contributed by atoms with Gasteiger partial charge in [0.15, 0.2) is 11.3 Å². The third-order valence-corrected chi connectivity index (χ3v) is 4.45. The number of fused-ring (bicyclic) bond motifs is 3. The molecule has 100 valence electrons. The zero-order valence-electron chi connectivity index (χ0n) is 12.0. The highest BCUT2D eigenvalue weighted by Crippen LogP contribution is 2.31. The molecular weight excluding hydrogens is 345 g/mol. The summed E-state index contributed by atoms with van der Waals surface area (Å²) in [4.78, 5) is 0. The molecule has 0 unspecified atom stereocenters. The lowest BCUT2D eigenvalue weighted by Gasteiger charge is -2.29. The summed E-state index contributed by atoms with van der Waals surface area (Å²) in [6.45, 7) is 6.87. The van der Waals surface area contributed by atoms with Crippen LogP contribution in [0.4, 0.5) is 0 Å². The maximum Gasteiger partial charge on any atom is 0.180 e. The predicted octanol–water partition coefficient (Wildman–Crippen LogP) is 0.630. The van der Waals surface area contributed by atoms with Gasteiger partial charge in [0.2, 0.25) is 0 Å². The van der Waals surface area contributed by atoms with Gasteiger partial charge in [-0.15, -0.1) is 0 Å². The van der Waals surface area contributed by atoms with Crippen LogP contribution in [-0.4, -0.2) is 22.9 Å². The van der Waals surface area contributed by atoms with Crippen LogP contribution in [0.25, 0.3) is 10.8 Å². The number of rotatable bonds is 0. The molecule has 1 heterocycles. The minimum absolute atomic E-state index is 0. The fourth-order valence-electron chi connectivity index (χ4n) is 3.05. The van der Waals surface area contributed by atoms with Gasteiger partial charge in [-0.25, -0.2) is 4.58 Å². The Hall–Kier alpha value is -0.900. The van der Waals surface area contributed by atoms with Gasteiger partial charge in [0.05, 0.1) is 0 Å². The molecule has 2 heteroatoms. The van der Waals surface area contributed by atoms with Crippen molar-refractivity contribution in [1.29, 1.82) is 0 Å². The van der Waals surface area contributed by atoms with Crippen LogP contribution < -0.4 is 24.0 Å². The van der Waals surface area contributed by atoms with E-state index in [0.717, 1.165) is 6.42 Å². The molecule has 0 fully saturated rings. The summed E-state index contributed by atoms with van der Waals surface area (Å²) in [5, 5.41) is 2.76. The van der Waals surface area contributed by atoms with E-state index in [1.807, 2.05) is 0 Å². The van der Waals surface area contributed by atoms with E-state index in [1.165, 1.54) is 27.6 Å². The maximum atomic E-state index is 2.41. The summed E-state index contributed by atoms with van der Waals surface area (Å²) in [5.41, 5.74) is 4.50. The van der Waals surface area contributed by atoms with Crippen molar-refractivity contribution in [3.8, 4) is 0 Å². The van der Waals surface area contributed by atoms with E-state index in [-0.39, 0.29) is 29.5 Å². The van der Waals surface area contributed by atoms with E-state index >= 15 is 0 Å². The van der Waals surface area contributed by atoms with Crippen LogP contribution in [0.15, 0.2) is 36.4 Å². The Bertz CT molecular complexity index is 668. The van der Waals surface area contributed by atoms with Crippen LogP contribution in [0.3, 0.4) is 0 Å². The van der Waals surface area contributed by atoms with Crippen molar-refractivity contribution in [3.05, 3.63) is 47.5 Å². The van der Waals surface area contributed by atoms with E-state index in [0.29, 0.717) is 0 Å². The van der Waals surface area contributed by atoms with Crippen LogP contribution in [0.1, 0.15) is 31.9 Å². The first-order valence-corrected chi connectivity index (χ1v) is 6.59. The van der Waals surface area contributed by atoms with Gasteiger partial charge >= 0.3 is 0 Å². The third-order valence-electron chi connectivity index (χ3n) is 4.45. The molecule has 1 aliphatic rings. The Balaban J connectivity index is 0.00000133. The first-order chi connectivity index (χ1) is 8.50. The van der Waals surface area contributed by atoms with E-state index in [9.17, 15) is 0 Å². The van der Waals surface area contributed by atoms with Crippen LogP contribution in [0, 0.1) is 0 Å². The number of benzene rings is 2. The molecule has 1 nitrogen and oxygen atoms in total. The highest BCUT2D eigenvalue weighted by molar-refractivity contribution is 6.02. The van der Waals surface area contributed by atoms with Crippen LogP contribution in [-0.2, 0) is 6.42 Å². The Morgan fingerprint density at radius 3 is 2.47 bits per heavy atom. The molecule has 0 bridgehead atoms. The Labute approximate surface area is 132 Å². The van der Waals surface area contributed by atoms with Crippen molar-refractivity contribution >= 4 is 16.5 Å². The summed E-state index contributed by atoms with van der Waals surface area (Å²) < 4.78 is 2.41. The first-order valence-electron chi connectivity index (χ1n) is 6.59. The lowest BCUT2D eigenvalue weighted by atomic mass is 9.83. The molecule has 0 N–H and O–H groups in total. The van der Waals surface area contributed by atoms with Gasteiger partial charge in [0.25, 0.3) is 0 Å².